The van der Waals surface area contributed by atoms with E-state index in [2.05, 4.69) is 5.32 Å². The van der Waals surface area contributed by atoms with E-state index < -0.39 is 12.1 Å². The second-order valence-electron chi connectivity index (χ2n) is 7.94. The van der Waals surface area contributed by atoms with Crippen LogP contribution in [0, 0.1) is 13.8 Å². The Morgan fingerprint density at radius 3 is 2.62 bits per heavy atom. The van der Waals surface area contributed by atoms with Crippen LogP contribution in [0.1, 0.15) is 23.0 Å². The number of β-amino-alcohol motifs (C(OH)–C–C–N with tert-alkyl or cyclic N) is 1. The van der Waals surface area contributed by atoms with Crippen LogP contribution in [0.3, 0.4) is 0 Å². The van der Waals surface area contributed by atoms with Gasteiger partial charge in [-0.05, 0) is 50.2 Å². The van der Waals surface area contributed by atoms with Gasteiger partial charge in [0.25, 0.3) is 0 Å². The Bertz CT molecular complexity index is 1070. The zero-order chi connectivity index (χ0) is 22.7. The molecule has 2 aromatic carbocycles. The number of benzene rings is 2. The van der Waals surface area contributed by atoms with Gasteiger partial charge in [-0.1, -0.05) is 29.8 Å². The Morgan fingerprint density at radius 1 is 1.19 bits per heavy atom. The number of ether oxygens (including phenoxy) is 1. The molecule has 3 aromatic rings. The Hall–Kier alpha value is -2.87. The highest BCUT2D eigenvalue weighted by Crippen LogP contribution is 2.30. The molecule has 1 aliphatic rings. The topological polar surface area (TPSA) is 79.6 Å². The number of aliphatic hydroxyl groups is 1. The quantitative estimate of drug-likeness (QED) is 0.573. The van der Waals surface area contributed by atoms with Gasteiger partial charge in [-0.25, -0.2) is 4.68 Å². The van der Waals surface area contributed by atoms with Crippen molar-refractivity contribution in [2.24, 2.45) is 0 Å². The van der Waals surface area contributed by atoms with Crippen molar-refractivity contribution in [1.82, 2.24) is 20.0 Å². The number of nitrogens with zero attached hydrogens (tertiary/aromatic N) is 3. The molecule has 0 saturated carbocycles. The molecular formula is C24H27ClN4O3. The fourth-order valence-corrected chi connectivity index (χ4v) is 4.27. The normalized spacial score (nSPS) is 17.8. The van der Waals surface area contributed by atoms with Crippen LogP contribution in [0.2, 0.25) is 5.02 Å². The molecule has 0 bridgehead atoms. The van der Waals surface area contributed by atoms with Gasteiger partial charge in [0.2, 0.25) is 5.91 Å². The number of hydrogen-bond acceptors (Lipinski definition) is 5. The summed E-state index contributed by atoms with van der Waals surface area (Å²) >= 11 is 5.90. The van der Waals surface area contributed by atoms with Gasteiger partial charge in [0.05, 0.1) is 11.4 Å². The molecule has 0 aliphatic carbocycles. The van der Waals surface area contributed by atoms with Crippen molar-refractivity contribution in [3.8, 4) is 11.4 Å². The van der Waals surface area contributed by atoms with Crippen molar-refractivity contribution >= 4 is 17.5 Å². The first kappa shape index (κ1) is 22.3. The summed E-state index contributed by atoms with van der Waals surface area (Å²) in [6, 6.07) is 16.3. The Morgan fingerprint density at radius 2 is 1.91 bits per heavy atom. The lowest BCUT2D eigenvalue weighted by Crippen LogP contribution is -2.52. The van der Waals surface area contributed by atoms with E-state index in [-0.39, 0.29) is 12.5 Å². The summed E-state index contributed by atoms with van der Waals surface area (Å²) in [5, 5.41) is 18.9. The highest BCUT2D eigenvalue weighted by molar-refractivity contribution is 6.30. The molecule has 2 N–H and O–H groups in total. The first-order chi connectivity index (χ1) is 15.4. The summed E-state index contributed by atoms with van der Waals surface area (Å²) in [7, 11) is 0. The number of aryl methyl sites for hydroxylation is 1. The maximum Gasteiger partial charge on any atom is 0.242 e. The van der Waals surface area contributed by atoms with E-state index in [0.717, 1.165) is 22.6 Å². The van der Waals surface area contributed by atoms with Gasteiger partial charge < -0.3 is 15.2 Å². The lowest BCUT2D eigenvalue weighted by molar-refractivity contribution is -0.130. The minimum absolute atomic E-state index is 0.0825. The standard InChI is InChI=1S/C24H27ClN4O3/c1-16-22(17(2)29(27-16)19-6-4-3-5-7-19)23-24(31)26-12-13-28(23)14-20(30)15-32-21-10-8-18(25)9-11-21/h3-11,20,23,30H,12-15H2,1-2H3,(H,26,31). The number of amides is 1. The number of aromatic nitrogens is 2. The van der Waals surface area contributed by atoms with Crippen LogP contribution in [0.15, 0.2) is 54.6 Å². The molecule has 1 aromatic heterocycles. The van der Waals surface area contributed by atoms with E-state index in [1.165, 1.54) is 0 Å². The molecule has 1 aliphatic heterocycles. The van der Waals surface area contributed by atoms with Crippen molar-refractivity contribution in [1.29, 1.82) is 0 Å². The molecular weight excluding hydrogens is 428 g/mol. The van der Waals surface area contributed by atoms with Gasteiger partial charge >= 0.3 is 0 Å². The minimum Gasteiger partial charge on any atom is -0.491 e. The predicted molar refractivity (Wildman–Crippen MR) is 123 cm³/mol. The third kappa shape index (κ3) is 4.80. The van der Waals surface area contributed by atoms with Crippen LogP contribution in [0.5, 0.6) is 5.75 Å². The molecule has 8 heteroatoms. The fourth-order valence-electron chi connectivity index (χ4n) is 4.14. The maximum absolute atomic E-state index is 12.9. The van der Waals surface area contributed by atoms with E-state index in [0.29, 0.717) is 30.4 Å². The first-order valence-corrected chi connectivity index (χ1v) is 11.0. The number of piperazine rings is 1. The molecule has 0 spiro atoms. The van der Waals surface area contributed by atoms with Crippen molar-refractivity contribution < 1.29 is 14.6 Å². The summed E-state index contributed by atoms with van der Waals surface area (Å²) in [6.07, 6.45) is -0.760. The Balaban J connectivity index is 1.52. The van der Waals surface area contributed by atoms with E-state index in [1.54, 1.807) is 24.3 Å². The van der Waals surface area contributed by atoms with Crippen LogP contribution in [-0.4, -0.2) is 58.0 Å². The Labute approximate surface area is 192 Å². The molecule has 1 fully saturated rings. The zero-order valence-electron chi connectivity index (χ0n) is 18.2. The van der Waals surface area contributed by atoms with Gasteiger partial charge in [0.15, 0.2) is 0 Å². The number of nitrogens with one attached hydrogen (secondary N) is 1. The van der Waals surface area contributed by atoms with Crippen molar-refractivity contribution in [3.05, 3.63) is 76.6 Å². The number of hydrogen-bond donors (Lipinski definition) is 2. The Kier molecular flexibility index (Phi) is 6.79. The average molecular weight is 455 g/mol. The lowest BCUT2D eigenvalue weighted by atomic mass is 10.00. The third-order valence-electron chi connectivity index (χ3n) is 5.63. The van der Waals surface area contributed by atoms with Crippen LogP contribution in [0.25, 0.3) is 5.69 Å². The van der Waals surface area contributed by atoms with E-state index in [4.69, 9.17) is 21.4 Å². The largest absolute Gasteiger partial charge is 0.491 e. The lowest BCUT2D eigenvalue weighted by Gasteiger charge is -2.36. The number of para-hydroxylation sites is 1. The minimum atomic E-state index is -0.760. The van der Waals surface area contributed by atoms with Gasteiger partial charge in [-0.2, -0.15) is 5.10 Å². The molecule has 1 saturated heterocycles. The summed E-state index contributed by atoms with van der Waals surface area (Å²) in [4.78, 5) is 14.9. The van der Waals surface area contributed by atoms with Crippen LogP contribution in [-0.2, 0) is 4.79 Å². The number of rotatable bonds is 7. The van der Waals surface area contributed by atoms with Crippen LogP contribution >= 0.6 is 11.6 Å². The zero-order valence-corrected chi connectivity index (χ0v) is 18.9. The fraction of sp³-hybridized carbons (Fsp3) is 0.333. The summed E-state index contributed by atoms with van der Waals surface area (Å²) in [5.41, 5.74) is 3.52. The van der Waals surface area contributed by atoms with Crippen molar-refractivity contribution in [2.75, 3.05) is 26.2 Å². The number of aliphatic hydroxyl groups excluding tert-OH is 1. The highest BCUT2D eigenvalue weighted by atomic mass is 35.5. The number of carbonyl (C=O) groups is 1. The van der Waals surface area contributed by atoms with Gasteiger partial charge in [0.1, 0.15) is 24.5 Å². The number of carbonyl (C=O) groups excluding carboxylic acids is 1. The first-order valence-electron chi connectivity index (χ1n) is 10.6. The average Bonchev–Trinajstić information content (AvgIpc) is 3.08. The molecule has 0 radical (unpaired) electrons. The molecule has 1 amide bonds. The molecule has 2 atom stereocenters. The van der Waals surface area contributed by atoms with E-state index in [1.807, 2.05) is 53.8 Å². The van der Waals surface area contributed by atoms with Gasteiger partial charge in [-0.3, -0.25) is 9.69 Å². The van der Waals surface area contributed by atoms with Gasteiger partial charge in [0, 0.05) is 35.9 Å². The molecule has 7 nitrogen and oxygen atoms in total. The van der Waals surface area contributed by atoms with Crippen molar-refractivity contribution in [3.63, 3.8) is 0 Å². The van der Waals surface area contributed by atoms with E-state index >= 15 is 0 Å². The second kappa shape index (κ2) is 9.73. The van der Waals surface area contributed by atoms with Crippen LogP contribution < -0.4 is 10.1 Å². The van der Waals surface area contributed by atoms with Gasteiger partial charge in [-0.15, -0.1) is 0 Å². The summed E-state index contributed by atoms with van der Waals surface area (Å²) in [6.45, 7) is 5.48. The summed E-state index contributed by atoms with van der Waals surface area (Å²) in [5.74, 6) is 0.554. The molecule has 32 heavy (non-hydrogen) atoms. The highest BCUT2D eigenvalue weighted by Gasteiger charge is 2.36. The van der Waals surface area contributed by atoms with E-state index in [9.17, 15) is 9.90 Å². The third-order valence-corrected chi connectivity index (χ3v) is 5.89. The molecule has 2 unspecified atom stereocenters. The molecule has 168 valence electrons. The van der Waals surface area contributed by atoms with Crippen molar-refractivity contribution in [2.45, 2.75) is 26.0 Å². The smallest absolute Gasteiger partial charge is 0.242 e. The molecule has 4 rings (SSSR count). The monoisotopic (exact) mass is 454 g/mol. The SMILES string of the molecule is Cc1nn(-c2ccccc2)c(C)c1C1C(=O)NCCN1CC(O)COc1ccc(Cl)cc1. The summed E-state index contributed by atoms with van der Waals surface area (Å²) < 4.78 is 7.56. The second-order valence-corrected chi connectivity index (χ2v) is 8.38. The number of halogens is 1. The maximum atomic E-state index is 12.9. The van der Waals surface area contributed by atoms with Crippen LogP contribution in [0.4, 0.5) is 0 Å². The predicted octanol–water partition coefficient (Wildman–Crippen LogP) is 3.06. The molecule has 2 heterocycles.